The van der Waals surface area contributed by atoms with Gasteiger partial charge in [0.15, 0.2) is 12.8 Å². The van der Waals surface area contributed by atoms with E-state index in [0.29, 0.717) is 17.7 Å². The molecule has 2 aromatic rings. The molecule has 3 N–H and O–H groups in total. The van der Waals surface area contributed by atoms with Crippen molar-refractivity contribution in [1.29, 1.82) is 0 Å². The lowest BCUT2D eigenvalue weighted by Crippen LogP contribution is -2.38. The van der Waals surface area contributed by atoms with Gasteiger partial charge < -0.3 is 19.7 Å². The van der Waals surface area contributed by atoms with Gasteiger partial charge in [-0.05, 0) is 18.6 Å². The lowest BCUT2D eigenvalue weighted by atomic mass is 10.1. The topological polar surface area (TPSA) is 143 Å². The summed E-state index contributed by atoms with van der Waals surface area (Å²) in [7, 11) is 0. The molecule has 0 aliphatic carbocycles. The molecule has 0 saturated carbocycles. The first kappa shape index (κ1) is 23.9. The van der Waals surface area contributed by atoms with Crippen LogP contribution in [0.25, 0.3) is 0 Å². The van der Waals surface area contributed by atoms with Crippen molar-refractivity contribution in [2.24, 2.45) is 0 Å². The predicted molar refractivity (Wildman–Crippen MR) is 118 cm³/mol. The van der Waals surface area contributed by atoms with E-state index in [-0.39, 0.29) is 12.5 Å². The van der Waals surface area contributed by atoms with E-state index in [2.05, 4.69) is 11.9 Å². The van der Waals surface area contributed by atoms with E-state index in [9.17, 15) is 24.6 Å². The van der Waals surface area contributed by atoms with Crippen LogP contribution in [-0.4, -0.2) is 67.8 Å². The molecule has 0 radical (unpaired) electrons. The van der Waals surface area contributed by atoms with Gasteiger partial charge in [-0.15, -0.1) is 0 Å². The molecular formula is C23H28N3O8+. The molecule has 0 bridgehead atoms. The molecule has 1 aromatic carbocycles. The molecule has 34 heavy (non-hydrogen) atoms. The summed E-state index contributed by atoms with van der Waals surface area (Å²) in [6.45, 7) is 2.23. The number of carbonyl (C=O) groups excluding carboxylic acids is 1. The lowest BCUT2D eigenvalue weighted by molar-refractivity contribution is -0.719. The van der Waals surface area contributed by atoms with Crippen molar-refractivity contribution < 1.29 is 34.1 Å². The number of aliphatic hydroxyl groups is 2. The van der Waals surface area contributed by atoms with E-state index < -0.39 is 41.7 Å². The van der Waals surface area contributed by atoms with E-state index in [1.165, 1.54) is 6.20 Å². The van der Waals surface area contributed by atoms with Crippen LogP contribution in [-0.2, 0) is 14.3 Å². The summed E-state index contributed by atoms with van der Waals surface area (Å²) in [6, 6.07) is 8.08. The Bertz CT molecular complexity index is 1190. The monoisotopic (exact) mass is 474 g/mol. The molecule has 1 amide bonds. The fraction of sp³-hybridized carbons (Fsp3) is 0.478. The zero-order valence-corrected chi connectivity index (χ0v) is 18.8. The standard InChI is InChI=1S/C23H27N3O8/c1-2-3-4-7-12-32-21-15-9-6-5-8-14(15)20(30)26(21)33-13-16-18(28)19(29)22(34-16)25-11-10-17(27)24-23(25)31/h5-6,8-11,16,18-19,22,28-29H,2-4,7,12-13H2,1H3/p+1/t16-,18-,19-,22-/m1/s1. The zero-order valence-electron chi connectivity index (χ0n) is 18.8. The maximum atomic E-state index is 12.9. The first-order valence-corrected chi connectivity index (χ1v) is 11.3. The molecule has 182 valence electrons. The third-order valence-corrected chi connectivity index (χ3v) is 5.82. The van der Waals surface area contributed by atoms with Gasteiger partial charge in [0.1, 0.15) is 29.4 Å². The van der Waals surface area contributed by atoms with Gasteiger partial charge in [-0.1, -0.05) is 38.3 Å². The Morgan fingerprint density at radius 3 is 2.56 bits per heavy atom. The van der Waals surface area contributed by atoms with Gasteiger partial charge >= 0.3 is 17.5 Å². The highest BCUT2D eigenvalue weighted by Crippen LogP contribution is 2.29. The second-order valence-electron chi connectivity index (χ2n) is 8.22. The summed E-state index contributed by atoms with van der Waals surface area (Å²) in [5.41, 5.74) is -0.355. The van der Waals surface area contributed by atoms with Crippen LogP contribution in [0.4, 0.5) is 0 Å². The summed E-state index contributed by atoms with van der Waals surface area (Å²) in [6.07, 6.45) is 0.0361. The third-order valence-electron chi connectivity index (χ3n) is 5.82. The van der Waals surface area contributed by atoms with Gasteiger partial charge in [-0.3, -0.25) is 19.2 Å². The van der Waals surface area contributed by atoms with Gasteiger partial charge in [-0.25, -0.2) is 9.59 Å². The van der Waals surface area contributed by atoms with Crippen molar-refractivity contribution in [2.45, 2.75) is 57.1 Å². The number of fused-ring (bicyclic) bond motifs is 1. The van der Waals surface area contributed by atoms with Crippen molar-refractivity contribution in [3.63, 3.8) is 0 Å². The number of H-pyrrole nitrogens is 1. The molecule has 4 atom stereocenters. The summed E-state index contributed by atoms with van der Waals surface area (Å²) in [4.78, 5) is 44.1. The van der Waals surface area contributed by atoms with Crippen LogP contribution in [0.2, 0.25) is 0 Å². The summed E-state index contributed by atoms with van der Waals surface area (Å²) < 4.78 is 13.6. The number of aliphatic hydroxyl groups excluding tert-OH is 2. The molecule has 3 heterocycles. The first-order chi connectivity index (χ1) is 16.4. The Labute approximate surface area is 194 Å². The Kier molecular flexibility index (Phi) is 7.25. The van der Waals surface area contributed by atoms with Crippen molar-refractivity contribution in [2.75, 3.05) is 13.2 Å². The van der Waals surface area contributed by atoms with Crippen LogP contribution >= 0.6 is 0 Å². The highest BCUT2D eigenvalue weighted by Gasteiger charge is 2.48. The number of amides is 1. The Hall–Kier alpha value is -3.28. The van der Waals surface area contributed by atoms with Crippen LogP contribution in [0.1, 0.15) is 54.8 Å². The molecule has 0 spiro atoms. The number of ether oxygens (including phenoxy) is 2. The fourth-order valence-electron chi connectivity index (χ4n) is 3.99. The fourth-order valence-corrected chi connectivity index (χ4v) is 3.99. The average Bonchev–Trinajstić information content (AvgIpc) is 3.26. The minimum Gasteiger partial charge on any atom is -0.441 e. The Morgan fingerprint density at radius 1 is 1.06 bits per heavy atom. The van der Waals surface area contributed by atoms with E-state index >= 15 is 0 Å². The number of nitrogens with zero attached hydrogens (tertiary/aromatic N) is 2. The van der Waals surface area contributed by atoms with Crippen LogP contribution in [0.5, 0.6) is 0 Å². The van der Waals surface area contributed by atoms with Gasteiger partial charge in [0.05, 0.1) is 11.3 Å². The summed E-state index contributed by atoms with van der Waals surface area (Å²) >= 11 is 0. The van der Waals surface area contributed by atoms with Crippen molar-refractivity contribution in [3.8, 4) is 0 Å². The molecule has 11 heteroatoms. The molecule has 1 fully saturated rings. The summed E-state index contributed by atoms with van der Waals surface area (Å²) in [5.74, 6) is -0.154. The highest BCUT2D eigenvalue weighted by atomic mass is 16.7. The third kappa shape index (κ3) is 4.67. The molecule has 1 saturated heterocycles. The smallest absolute Gasteiger partial charge is 0.441 e. The quantitative estimate of drug-likeness (QED) is 0.348. The number of hydroxylamine groups is 1. The molecule has 0 unspecified atom stereocenters. The average molecular weight is 474 g/mol. The van der Waals surface area contributed by atoms with Gasteiger partial charge in [0.25, 0.3) is 5.56 Å². The molecule has 2 aliphatic heterocycles. The van der Waals surface area contributed by atoms with E-state index in [1.807, 2.05) is 0 Å². The van der Waals surface area contributed by atoms with Crippen LogP contribution in [0, 0.1) is 0 Å². The largest absolute Gasteiger partial charge is 0.471 e. The van der Waals surface area contributed by atoms with Gasteiger partial charge in [0, 0.05) is 12.3 Å². The van der Waals surface area contributed by atoms with Crippen LogP contribution in [0.15, 0.2) is 46.1 Å². The zero-order chi connectivity index (χ0) is 24.2. The number of aromatic amines is 1. The lowest BCUT2D eigenvalue weighted by Gasteiger charge is -2.16. The number of unbranched alkanes of at least 4 members (excludes halogenated alkanes) is 3. The normalized spacial score (nSPS) is 23.9. The van der Waals surface area contributed by atoms with Gasteiger partial charge in [0.2, 0.25) is 0 Å². The molecule has 1 aromatic heterocycles. The SMILES string of the molecule is CCCCCCOC1=[N+](OC[C@H]2O[C@@H](n3ccc(=O)[nH]c3=O)[C@H](O)[C@@H]2O)C(=O)c2ccccc21. The highest BCUT2D eigenvalue weighted by molar-refractivity contribution is 6.09. The minimum absolute atomic E-state index is 0.263. The number of benzene rings is 1. The number of aromatic nitrogens is 2. The first-order valence-electron chi connectivity index (χ1n) is 11.3. The number of carbonyl (C=O) groups is 1. The molecule has 11 nitrogen and oxygen atoms in total. The maximum Gasteiger partial charge on any atom is 0.471 e. The van der Waals surface area contributed by atoms with Crippen LogP contribution in [0.3, 0.4) is 0 Å². The van der Waals surface area contributed by atoms with Crippen molar-refractivity contribution in [3.05, 3.63) is 68.5 Å². The predicted octanol–water partition coefficient (Wildman–Crippen LogP) is 0.297. The molecule has 4 rings (SSSR count). The number of hydrogen-bond acceptors (Lipinski definition) is 8. The number of nitrogens with one attached hydrogen (secondary N) is 1. The number of hydrogen-bond donors (Lipinski definition) is 3. The number of rotatable bonds is 9. The van der Waals surface area contributed by atoms with E-state index in [1.54, 1.807) is 24.3 Å². The second-order valence-corrected chi connectivity index (χ2v) is 8.22. The van der Waals surface area contributed by atoms with Crippen molar-refractivity contribution in [1.82, 2.24) is 9.55 Å². The summed E-state index contributed by atoms with van der Waals surface area (Å²) in [5, 5.41) is 20.9. The minimum atomic E-state index is -1.46. The Balaban J connectivity index is 1.49. The second kappa shape index (κ2) is 10.3. The molecule has 2 aliphatic rings. The van der Waals surface area contributed by atoms with Gasteiger partial charge in [-0.2, -0.15) is 0 Å². The van der Waals surface area contributed by atoms with E-state index in [0.717, 1.165) is 41.1 Å². The Morgan fingerprint density at radius 2 is 1.82 bits per heavy atom. The van der Waals surface area contributed by atoms with Crippen molar-refractivity contribution >= 4 is 11.8 Å². The van der Waals surface area contributed by atoms with E-state index in [4.69, 9.17) is 14.3 Å². The molecular weight excluding hydrogens is 446 g/mol. The maximum absolute atomic E-state index is 12.9. The van der Waals surface area contributed by atoms with Crippen LogP contribution < -0.4 is 11.2 Å².